The SMILES string of the molecule is CC(C)(C)N1C[C@@H](O)CC1(C)C. The lowest BCUT2D eigenvalue weighted by Gasteiger charge is -2.41. The van der Waals surface area contributed by atoms with Crippen LogP contribution >= 0.6 is 0 Å². The van der Waals surface area contributed by atoms with Gasteiger partial charge in [-0.15, -0.1) is 0 Å². The van der Waals surface area contributed by atoms with Crippen LogP contribution in [0.3, 0.4) is 0 Å². The molecule has 1 atom stereocenters. The Labute approximate surface area is 75.6 Å². The minimum Gasteiger partial charge on any atom is -0.392 e. The molecule has 0 spiro atoms. The molecule has 12 heavy (non-hydrogen) atoms. The van der Waals surface area contributed by atoms with Gasteiger partial charge in [-0.25, -0.2) is 0 Å². The predicted octanol–water partition coefficient (Wildman–Crippen LogP) is 1.63. The highest BCUT2D eigenvalue weighted by Gasteiger charge is 2.42. The Kier molecular flexibility index (Phi) is 2.26. The van der Waals surface area contributed by atoms with E-state index in [1.807, 2.05) is 0 Å². The van der Waals surface area contributed by atoms with Gasteiger partial charge in [0.2, 0.25) is 0 Å². The first-order chi connectivity index (χ1) is 5.23. The molecule has 0 aromatic rings. The molecule has 72 valence electrons. The van der Waals surface area contributed by atoms with Gasteiger partial charge in [0, 0.05) is 17.6 Å². The summed E-state index contributed by atoms with van der Waals surface area (Å²) in [5.41, 5.74) is 0.318. The van der Waals surface area contributed by atoms with Crippen LogP contribution in [0.1, 0.15) is 41.0 Å². The number of hydrogen-bond acceptors (Lipinski definition) is 2. The summed E-state index contributed by atoms with van der Waals surface area (Å²) in [6.07, 6.45) is 0.754. The van der Waals surface area contributed by atoms with E-state index in [-0.39, 0.29) is 17.2 Å². The third kappa shape index (κ3) is 1.80. The molecule has 1 aliphatic rings. The Balaban J connectivity index is 2.79. The molecule has 2 heteroatoms. The number of likely N-dealkylation sites (tertiary alicyclic amines) is 1. The third-order valence-corrected chi connectivity index (χ3v) is 2.67. The molecule has 1 fully saturated rings. The number of nitrogens with zero attached hydrogens (tertiary/aromatic N) is 1. The van der Waals surface area contributed by atoms with Crippen LogP contribution in [-0.2, 0) is 0 Å². The maximum absolute atomic E-state index is 9.56. The zero-order valence-corrected chi connectivity index (χ0v) is 8.89. The largest absolute Gasteiger partial charge is 0.392 e. The lowest BCUT2D eigenvalue weighted by atomic mass is 9.96. The van der Waals surface area contributed by atoms with Crippen LogP contribution in [-0.4, -0.2) is 33.7 Å². The fraction of sp³-hybridized carbons (Fsp3) is 1.00. The van der Waals surface area contributed by atoms with Gasteiger partial charge in [0.05, 0.1) is 6.10 Å². The normalized spacial score (nSPS) is 31.0. The summed E-state index contributed by atoms with van der Waals surface area (Å²) < 4.78 is 0. The number of aliphatic hydroxyl groups excluding tert-OH is 1. The quantitative estimate of drug-likeness (QED) is 0.599. The molecule has 0 aliphatic carbocycles. The van der Waals surface area contributed by atoms with Gasteiger partial charge in [-0.2, -0.15) is 0 Å². The second-order valence-corrected chi connectivity index (χ2v) is 5.45. The highest BCUT2D eigenvalue weighted by atomic mass is 16.3. The molecule has 0 radical (unpaired) electrons. The topological polar surface area (TPSA) is 23.5 Å². The van der Waals surface area contributed by atoms with E-state index < -0.39 is 0 Å². The van der Waals surface area contributed by atoms with Crippen molar-refractivity contribution in [3.05, 3.63) is 0 Å². The van der Waals surface area contributed by atoms with Gasteiger partial charge in [-0.3, -0.25) is 4.90 Å². The van der Waals surface area contributed by atoms with Crippen molar-refractivity contribution in [1.82, 2.24) is 4.90 Å². The standard InChI is InChI=1S/C10H21NO/c1-9(2,3)11-7-8(12)6-10(11,4)5/h8,12H,6-7H2,1-5H3/t8-/m0/s1. The summed E-state index contributed by atoms with van der Waals surface area (Å²) in [6, 6.07) is 0. The highest BCUT2D eigenvalue weighted by Crippen LogP contribution is 2.34. The van der Waals surface area contributed by atoms with Crippen LogP contribution < -0.4 is 0 Å². The van der Waals surface area contributed by atoms with Crippen molar-refractivity contribution >= 4 is 0 Å². The monoisotopic (exact) mass is 171 g/mol. The second kappa shape index (κ2) is 2.71. The molecule has 0 aromatic carbocycles. The predicted molar refractivity (Wildman–Crippen MR) is 51.2 cm³/mol. The first kappa shape index (κ1) is 10.0. The van der Waals surface area contributed by atoms with Gasteiger partial charge in [0.1, 0.15) is 0 Å². The van der Waals surface area contributed by atoms with Crippen molar-refractivity contribution in [2.75, 3.05) is 6.54 Å². The van der Waals surface area contributed by atoms with Gasteiger partial charge in [-0.05, 0) is 41.0 Å². The van der Waals surface area contributed by atoms with Crippen molar-refractivity contribution in [1.29, 1.82) is 0 Å². The molecule has 1 rings (SSSR count). The van der Waals surface area contributed by atoms with E-state index in [0.29, 0.717) is 0 Å². The molecule has 1 N–H and O–H groups in total. The number of aliphatic hydroxyl groups is 1. The van der Waals surface area contributed by atoms with Crippen molar-refractivity contribution in [3.8, 4) is 0 Å². The lowest BCUT2D eigenvalue weighted by Crippen LogP contribution is -2.50. The molecule has 0 saturated carbocycles. The van der Waals surface area contributed by atoms with E-state index in [1.165, 1.54) is 0 Å². The van der Waals surface area contributed by atoms with Crippen molar-refractivity contribution in [2.45, 2.75) is 58.2 Å². The minimum absolute atomic E-state index is 0.140. The van der Waals surface area contributed by atoms with Crippen LogP contribution in [0.4, 0.5) is 0 Å². The Morgan fingerprint density at radius 2 is 1.83 bits per heavy atom. The fourth-order valence-electron chi connectivity index (χ4n) is 2.39. The summed E-state index contributed by atoms with van der Waals surface area (Å²) in [6.45, 7) is 11.8. The zero-order chi connectivity index (χ0) is 9.57. The smallest absolute Gasteiger partial charge is 0.0685 e. The first-order valence-corrected chi connectivity index (χ1v) is 4.69. The molecule has 1 saturated heterocycles. The molecular formula is C10H21NO. The third-order valence-electron chi connectivity index (χ3n) is 2.67. The van der Waals surface area contributed by atoms with Gasteiger partial charge >= 0.3 is 0 Å². The van der Waals surface area contributed by atoms with Crippen LogP contribution in [0.15, 0.2) is 0 Å². The Hall–Kier alpha value is -0.0800. The number of β-amino-alcohol motifs (C(OH)–C–C–N with tert-alkyl or cyclic N) is 1. The van der Waals surface area contributed by atoms with E-state index >= 15 is 0 Å². The van der Waals surface area contributed by atoms with Gasteiger partial charge < -0.3 is 5.11 Å². The maximum Gasteiger partial charge on any atom is 0.0685 e. The van der Waals surface area contributed by atoms with E-state index in [0.717, 1.165) is 13.0 Å². The molecule has 1 heterocycles. The van der Waals surface area contributed by atoms with Crippen LogP contribution in [0.25, 0.3) is 0 Å². The molecular weight excluding hydrogens is 150 g/mol. The molecule has 0 bridgehead atoms. The van der Waals surface area contributed by atoms with Crippen molar-refractivity contribution < 1.29 is 5.11 Å². The molecule has 0 amide bonds. The summed E-state index contributed by atoms with van der Waals surface area (Å²) in [7, 11) is 0. The lowest BCUT2D eigenvalue weighted by molar-refractivity contribution is 0.0634. The summed E-state index contributed by atoms with van der Waals surface area (Å²) >= 11 is 0. The first-order valence-electron chi connectivity index (χ1n) is 4.69. The Bertz CT molecular complexity index is 169. The molecule has 0 aromatic heterocycles. The number of hydrogen-bond donors (Lipinski definition) is 1. The van der Waals surface area contributed by atoms with E-state index in [9.17, 15) is 5.11 Å². The van der Waals surface area contributed by atoms with E-state index in [4.69, 9.17) is 0 Å². The summed E-state index contributed by atoms with van der Waals surface area (Å²) in [5, 5.41) is 9.56. The minimum atomic E-state index is -0.140. The van der Waals surface area contributed by atoms with Crippen LogP contribution in [0, 0.1) is 0 Å². The highest BCUT2D eigenvalue weighted by molar-refractivity contribution is 4.98. The fourth-order valence-corrected chi connectivity index (χ4v) is 2.39. The average Bonchev–Trinajstić information content (AvgIpc) is 2.02. The van der Waals surface area contributed by atoms with Gasteiger partial charge in [0.15, 0.2) is 0 Å². The van der Waals surface area contributed by atoms with Crippen molar-refractivity contribution in [2.24, 2.45) is 0 Å². The Morgan fingerprint density at radius 3 is 2.00 bits per heavy atom. The van der Waals surface area contributed by atoms with Crippen molar-refractivity contribution in [3.63, 3.8) is 0 Å². The Morgan fingerprint density at radius 1 is 1.33 bits per heavy atom. The van der Waals surface area contributed by atoms with Crippen LogP contribution in [0.5, 0.6) is 0 Å². The second-order valence-electron chi connectivity index (χ2n) is 5.45. The van der Waals surface area contributed by atoms with Crippen LogP contribution in [0.2, 0.25) is 0 Å². The summed E-state index contributed by atoms with van der Waals surface area (Å²) in [5.74, 6) is 0. The summed E-state index contributed by atoms with van der Waals surface area (Å²) in [4.78, 5) is 2.38. The van der Waals surface area contributed by atoms with Gasteiger partial charge in [-0.1, -0.05) is 0 Å². The van der Waals surface area contributed by atoms with E-state index in [2.05, 4.69) is 39.5 Å². The van der Waals surface area contributed by atoms with Gasteiger partial charge in [0.25, 0.3) is 0 Å². The molecule has 2 nitrogen and oxygen atoms in total. The molecule has 0 unspecified atom stereocenters. The zero-order valence-electron chi connectivity index (χ0n) is 8.89. The van der Waals surface area contributed by atoms with E-state index in [1.54, 1.807) is 0 Å². The maximum atomic E-state index is 9.56. The number of rotatable bonds is 0. The molecule has 1 aliphatic heterocycles. The average molecular weight is 171 g/mol.